The number of ketones is 1. The Kier molecular flexibility index (Phi) is 3.56. The van der Waals surface area contributed by atoms with Crippen molar-refractivity contribution in [2.45, 2.75) is 6.10 Å². The average Bonchev–Trinajstić information content (AvgIpc) is 2.84. The molecule has 1 aromatic rings. The molecule has 1 N–H and O–H groups in total. The summed E-state index contributed by atoms with van der Waals surface area (Å²) in [6.07, 6.45) is 0.00398. The molecule has 0 saturated carbocycles. The molecule has 1 aliphatic heterocycles. The van der Waals surface area contributed by atoms with Gasteiger partial charge >= 0.3 is 0 Å². The predicted molar refractivity (Wildman–Crippen MR) is 63.5 cm³/mol. The van der Waals surface area contributed by atoms with Gasteiger partial charge in [0.25, 0.3) is 0 Å². The maximum absolute atomic E-state index is 12.2. The molecule has 0 amide bonds. The van der Waals surface area contributed by atoms with Crippen LogP contribution in [0.5, 0.6) is 0 Å². The number of hydrogen-bond acceptors (Lipinski definition) is 4. The lowest BCUT2D eigenvalue weighted by Gasteiger charge is -2.15. The van der Waals surface area contributed by atoms with Crippen LogP contribution < -0.4 is 5.32 Å². The first-order chi connectivity index (χ1) is 7.24. The second kappa shape index (κ2) is 4.74. The fourth-order valence-corrected chi connectivity index (χ4v) is 3.30. The minimum Gasteiger partial charge on any atom is -0.379 e. The van der Waals surface area contributed by atoms with E-state index < -0.39 is 0 Å². The van der Waals surface area contributed by atoms with E-state index in [1.807, 2.05) is 10.8 Å². The van der Waals surface area contributed by atoms with Crippen molar-refractivity contribution in [1.82, 2.24) is 5.32 Å². The first kappa shape index (κ1) is 11.3. The van der Waals surface area contributed by atoms with E-state index in [0.717, 1.165) is 16.6 Å². The zero-order valence-corrected chi connectivity index (χ0v) is 10.7. The van der Waals surface area contributed by atoms with Crippen LogP contribution in [0.2, 0.25) is 0 Å². The van der Waals surface area contributed by atoms with Gasteiger partial charge in [0.1, 0.15) is 0 Å². The molecule has 2 rings (SSSR count). The van der Waals surface area contributed by atoms with Crippen molar-refractivity contribution >= 4 is 33.0 Å². The molecule has 1 fully saturated rings. The van der Waals surface area contributed by atoms with Crippen molar-refractivity contribution < 1.29 is 9.53 Å². The van der Waals surface area contributed by atoms with Crippen molar-refractivity contribution in [2.24, 2.45) is 5.92 Å². The van der Waals surface area contributed by atoms with Crippen LogP contribution in [0.3, 0.4) is 0 Å². The van der Waals surface area contributed by atoms with E-state index in [-0.39, 0.29) is 17.8 Å². The van der Waals surface area contributed by atoms with Crippen molar-refractivity contribution in [3.8, 4) is 0 Å². The van der Waals surface area contributed by atoms with Crippen LogP contribution in [-0.2, 0) is 4.74 Å². The second-order valence-electron chi connectivity index (χ2n) is 3.54. The summed E-state index contributed by atoms with van der Waals surface area (Å²) in [5.41, 5.74) is 0.774. The summed E-state index contributed by atoms with van der Waals surface area (Å²) < 4.78 is 6.18. The molecule has 2 atom stereocenters. The van der Waals surface area contributed by atoms with Crippen LogP contribution in [-0.4, -0.2) is 32.1 Å². The largest absolute Gasteiger partial charge is 0.379 e. The smallest absolute Gasteiger partial charge is 0.171 e. The van der Waals surface area contributed by atoms with Gasteiger partial charge in [-0.15, -0.1) is 0 Å². The zero-order valence-electron chi connectivity index (χ0n) is 8.33. The Morgan fingerprint density at radius 3 is 3.00 bits per heavy atom. The first-order valence-corrected chi connectivity index (χ1v) is 6.47. The van der Waals surface area contributed by atoms with Gasteiger partial charge in [-0.25, -0.2) is 0 Å². The summed E-state index contributed by atoms with van der Waals surface area (Å²) in [4.78, 5) is 12.2. The van der Waals surface area contributed by atoms with Crippen molar-refractivity contribution in [2.75, 3.05) is 20.2 Å². The number of ether oxygens (including phenoxy) is 1. The molecule has 0 aliphatic carbocycles. The Hall–Kier alpha value is -0.230. The molecular formula is C10H12BrNO2S. The van der Waals surface area contributed by atoms with Gasteiger partial charge in [0.05, 0.1) is 12.0 Å². The summed E-state index contributed by atoms with van der Waals surface area (Å²) >= 11 is 4.92. The third-order valence-electron chi connectivity index (χ3n) is 2.68. The van der Waals surface area contributed by atoms with Gasteiger partial charge in [-0.3, -0.25) is 4.79 Å². The monoisotopic (exact) mass is 289 g/mol. The molecule has 2 heterocycles. The second-order valence-corrected chi connectivity index (χ2v) is 5.13. The van der Waals surface area contributed by atoms with Gasteiger partial charge in [-0.2, -0.15) is 11.3 Å². The summed E-state index contributed by atoms with van der Waals surface area (Å²) in [7, 11) is 1.65. The standard InChI is InChI=1S/C10H12BrNO2S/c1-14-9-3-12-2-6(9)10(13)7-4-15-5-8(7)11/h4-6,9,12H,2-3H2,1H3. The minimum absolute atomic E-state index is 0.00398. The maximum Gasteiger partial charge on any atom is 0.171 e. The molecule has 2 unspecified atom stereocenters. The number of hydrogen-bond donors (Lipinski definition) is 1. The Labute approximate surface area is 101 Å². The van der Waals surface area contributed by atoms with Gasteiger partial charge in [0, 0.05) is 41.0 Å². The molecule has 3 nitrogen and oxygen atoms in total. The van der Waals surface area contributed by atoms with E-state index in [1.54, 1.807) is 7.11 Å². The van der Waals surface area contributed by atoms with Crippen molar-refractivity contribution in [3.63, 3.8) is 0 Å². The first-order valence-electron chi connectivity index (χ1n) is 4.73. The molecule has 0 spiro atoms. The van der Waals surface area contributed by atoms with Crippen LogP contribution in [0.15, 0.2) is 15.2 Å². The molecule has 0 aromatic carbocycles. The summed E-state index contributed by atoms with van der Waals surface area (Å²) in [6.45, 7) is 1.47. The number of thiophene rings is 1. The van der Waals surface area contributed by atoms with Gasteiger partial charge < -0.3 is 10.1 Å². The third-order valence-corrected chi connectivity index (χ3v) is 4.38. The Bertz CT molecular complexity index is 366. The molecule has 5 heteroatoms. The van der Waals surface area contributed by atoms with Crippen LogP contribution in [0.1, 0.15) is 10.4 Å². The Balaban J connectivity index is 2.18. The zero-order chi connectivity index (χ0) is 10.8. The number of Topliss-reactive ketones (excluding diaryl/α,β-unsaturated/α-hetero) is 1. The SMILES string of the molecule is COC1CNCC1C(=O)c1cscc1Br. The normalized spacial score (nSPS) is 25.7. The van der Waals surface area contributed by atoms with E-state index in [0.29, 0.717) is 6.54 Å². The van der Waals surface area contributed by atoms with Crippen molar-refractivity contribution in [1.29, 1.82) is 0 Å². The van der Waals surface area contributed by atoms with E-state index >= 15 is 0 Å². The van der Waals surface area contributed by atoms with Gasteiger partial charge in [-0.05, 0) is 15.9 Å². The highest BCUT2D eigenvalue weighted by molar-refractivity contribution is 9.10. The summed E-state index contributed by atoms with van der Waals surface area (Å²) in [5.74, 6) is 0.112. The highest BCUT2D eigenvalue weighted by atomic mass is 79.9. The average molecular weight is 290 g/mol. The fraction of sp³-hybridized carbons (Fsp3) is 0.500. The lowest BCUT2D eigenvalue weighted by Crippen LogP contribution is -2.28. The number of methoxy groups -OCH3 is 1. The summed E-state index contributed by atoms with van der Waals surface area (Å²) in [5, 5.41) is 6.99. The van der Waals surface area contributed by atoms with E-state index in [4.69, 9.17) is 4.74 Å². The molecule has 82 valence electrons. The molecule has 15 heavy (non-hydrogen) atoms. The van der Waals surface area contributed by atoms with E-state index in [1.165, 1.54) is 11.3 Å². The van der Waals surface area contributed by atoms with Crippen LogP contribution in [0.25, 0.3) is 0 Å². The fourth-order valence-electron chi connectivity index (χ4n) is 1.82. The molecule has 1 saturated heterocycles. The summed E-state index contributed by atoms with van der Waals surface area (Å²) in [6, 6.07) is 0. The number of carbonyl (C=O) groups excluding carboxylic acids is 1. The Morgan fingerprint density at radius 1 is 1.60 bits per heavy atom. The number of carbonyl (C=O) groups is 1. The van der Waals surface area contributed by atoms with Gasteiger partial charge in [-0.1, -0.05) is 0 Å². The number of rotatable bonds is 3. The lowest BCUT2D eigenvalue weighted by atomic mass is 9.97. The van der Waals surface area contributed by atoms with Crippen LogP contribution in [0.4, 0.5) is 0 Å². The number of nitrogens with one attached hydrogen (secondary N) is 1. The van der Waals surface area contributed by atoms with Gasteiger partial charge in [0.2, 0.25) is 0 Å². The maximum atomic E-state index is 12.2. The van der Waals surface area contributed by atoms with E-state index in [9.17, 15) is 4.79 Å². The molecule has 0 bridgehead atoms. The molecule has 1 aliphatic rings. The third kappa shape index (κ3) is 2.15. The topological polar surface area (TPSA) is 38.3 Å². The quantitative estimate of drug-likeness (QED) is 0.864. The minimum atomic E-state index is -0.0547. The van der Waals surface area contributed by atoms with Crippen LogP contribution in [0, 0.1) is 5.92 Å². The number of halogens is 1. The highest BCUT2D eigenvalue weighted by Gasteiger charge is 2.34. The van der Waals surface area contributed by atoms with Crippen LogP contribution >= 0.6 is 27.3 Å². The Morgan fingerprint density at radius 2 is 2.40 bits per heavy atom. The van der Waals surface area contributed by atoms with Crippen molar-refractivity contribution in [3.05, 3.63) is 20.8 Å². The predicted octanol–water partition coefficient (Wildman–Crippen LogP) is 1.93. The molecule has 1 aromatic heterocycles. The lowest BCUT2D eigenvalue weighted by molar-refractivity contribution is 0.0627. The van der Waals surface area contributed by atoms with Gasteiger partial charge in [0.15, 0.2) is 5.78 Å². The molecular weight excluding hydrogens is 278 g/mol. The van der Waals surface area contributed by atoms with E-state index in [2.05, 4.69) is 21.2 Å². The molecule has 0 radical (unpaired) electrons. The highest BCUT2D eigenvalue weighted by Crippen LogP contribution is 2.26.